The number of halogens is 1. The number of benzene rings is 1. The van der Waals surface area contributed by atoms with Crippen LogP contribution < -0.4 is 10.1 Å². The topological polar surface area (TPSA) is 21.3 Å². The Morgan fingerprint density at radius 1 is 1.38 bits per heavy atom. The quantitative estimate of drug-likeness (QED) is 0.854. The van der Waals surface area contributed by atoms with Gasteiger partial charge in [-0.3, -0.25) is 0 Å². The highest BCUT2D eigenvalue weighted by atomic mass is 35.5. The standard InChI is InChI=1S/C13H20ClNO/c1-10-7-11(14)5-6-12(10)16-9-13(2,3)8-15-4/h5-7,15H,8-9H2,1-4H3. The van der Waals surface area contributed by atoms with Gasteiger partial charge in [-0.1, -0.05) is 25.4 Å². The number of ether oxygens (including phenoxy) is 1. The van der Waals surface area contributed by atoms with Crippen molar-refractivity contribution in [3.8, 4) is 5.75 Å². The molecule has 90 valence electrons. The number of aryl methyl sites for hydroxylation is 1. The van der Waals surface area contributed by atoms with Crippen molar-refractivity contribution < 1.29 is 4.74 Å². The third-order valence-corrected chi connectivity index (χ3v) is 2.65. The lowest BCUT2D eigenvalue weighted by Gasteiger charge is -2.24. The molecule has 1 aromatic rings. The lowest BCUT2D eigenvalue weighted by Crippen LogP contribution is -2.32. The van der Waals surface area contributed by atoms with Crippen molar-refractivity contribution in [3.63, 3.8) is 0 Å². The molecule has 0 atom stereocenters. The van der Waals surface area contributed by atoms with E-state index in [1.165, 1.54) is 0 Å². The van der Waals surface area contributed by atoms with Gasteiger partial charge in [0.05, 0.1) is 6.61 Å². The summed E-state index contributed by atoms with van der Waals surface area (Å²) < 4.78 is 5.81. The van der Waals surface area contributed by atoms with Gasteiger partial charge in [0.1, 0.15) is 5.75 Å². The Hall–Kier alpha value is -0.730. The lowest BCUT2D eigenvalue weighted by molar-refractivity contribution is 0.178. The third kappa shape index (κ3) is 4.03. The van der Waals surface area contributed by atoms with Gasteiger partial charge in [-0.25, -0.2) is 0 Å². The fourth-order valence-electron chi connectivity index (χ4n) is 1.58. The van der Waals surface area contributed by atoms with Crippen LogP contribution in [0.3, 0.4) is 0 Å². The lowest BCUT2D eigenvalue weighted by atomic mass is 9.95. The first-order valence-corrected chi connectivity index (χ1v) is 5.86. The van der Waals surface area contributed by atoms with E-state index in [0.29, 0.717) is 6.61 Å². The second-order valence-electron chi connectivity index (χ2n) is 4.89. The van der Waals surface area contributed by atoms with E-state index in [4.69, 9.17) is 16.3 Å². The maximum Gasteiger partial charge on any atom is 0.122 e. The van der Waals surface area contributed by atoms with Gasteiger partial charge in [0.15, 0.2) is 0 Å². The maximum absolute atomic E-state index is 5.89. The molecule has 0 bridgehead atoms. The van der Waals surface area contributed by atoms with E-state index in [0.717, 1.165) is 22.9 Å². The molecule has 1 rings (SSSR count). The van der Waals surface area contributed by atoms with Crippen molar-refractivity contribution in [1.82, 2.24) is 5.32 Å². The molecule has 2 nitrogen and oxygen atoms in total. The van der Waals surface area contributed by atoms with Gasteiger partial charge < -0.3 is 10.1 Å². The molecule has 0 saturated carbocycles. The molecule has 0 amide bonds. The first-order chi connectivity index (χ1) is 7.44. The summed E-state index contributed by atoms with van der Waals surface area (Å²) in [5, 5.41) is 3.92. The van der Waals surface area contributed by atoms with Gasteiger partial charge in [0.25, 0.3) is 0 Å². The second kappa shape index (κ2) is 5.55. The SMILES string of the molecule is CNCC(C)(C)COc1ccc(Cl)cc1C. The Morgan fingerprint density at radius 3 is 2.62 bits per heavy atom. The van der Waals surface area contributed by atoms with Crippen molar-refractivity contribution in [2.45, 2.75) is 20.8 Å². The van der Waals surface area contributed by atoms with Crippen molar-refractivity contribution in [2.24, 2.45) is 5.41 Å². The third-order valence-electron chi connectivity index (χ3n) is 2.41. The minimum absolute atomic E-state index is 0.126. The van der Waals surface area contributed by atoms with Crippen LogP contribution in [0.25, 0.3) is 0 Å². The van der Waals surface area contributed by atoms with Crippen LogP contribution in [0.15, 0.2) is 18.2 Å². The molecule has 0 spiro atoms. The molecule has 0 unspecified atom stereocenters. The number of hydrogen-bond donors (Lipinski definition) is 1. The smallest absolute Gasteiger partial charge is 0.122 e. The monoisotopic (exact) mass is 241 g/mol. The van der Waals surface area contributed by atoms with E-state index in [1.807, 2.05) is 32.2 Å². The number of hydrogen-bond acceptors (Lipinski definition) is 2. The average molecular weight is 242 g/mol. The first kappa shape index (κ1) is 13.3. The molecular formula is C13H20ClNO. The van der Waals surface area contributed by atoms with Crippen LogP contribution in [0, 0.1) is 12.3 Å². The highest BCUT2D eigenvalue weighted by molar-refractivity contribution is 6.30. The number of rotatable bonds is 5. The van der Waals surface area contributed by atoms with Gasteiger partial charge in [-0.2, -0.15) is 0 Å². The maximum atomic E-state index is 5.89. The zero-order chi connectivity index (χ0) is 12.2. The van der Waals surface area contributed by atoms with Crippen LogP contribution in [-0.4, -0.2) is 20.2 Å². The molecule has 0 radical (unpaired) electrons. The van der Waals surface area contributed by atoms with Crippen LogP contribution in [0.5, 0.6) is 5.75 Å². The van der Waals surface area contributed by atoms with Crippen LogP contribution in [-0.2, 0) is 0 Å². The van der Waals surface area contributed by atoms with Gasteiger partial charge in [-0.05, 0) is 37.7 Å². The molecular weight excluding hydrogens is 222 g/mol. The van der Waals surface area contributed by atoms with Crippen molar-refractivity contribution in [2.75, 3.05) is 20.2 Å². The normalized spacial score (nSPS) is 11.6. The van der Waals surface area contributed by atoms with Gasteiger partial charge >= 0.3 is 0 Å². The summed E-state index contributed by atoms with van der Waals surface area (Å²) in [6, 6.07) is 5.70. The van der Waals surface area contributed by atoms with Crippen molar-refractivity contribution in [3.05, 3.63) is 28.8 Å². The molecule has 16 heavy (non-hydrogen) atoms. The van der Waals surface area contributed by atoms with E-state index in [9.17, 15) is 0 Å². The summed E-state index contributed by atoms with van der Waals surface area (Å²) in [5.74, 6) is 0.911. The largest absolute Gasteiger partial charge is 0.493 e. The zero-order valence-corrected chi connectivity index (χ0v) is 11.2. The highest BCUT2D eigenvalue weighted by Gasteiger charge is 2.18. The Kier molecular flexibility index (Phi) is 4.63. The van der Waals surface area contributed by atoms with Gasteiger partial charge in [-0.15, -0.1) is 0 Å². The van der Waals surface area contributed by atoms with Gasteiger partial charge in [0.2, 0.25) is 0 Å². The first-order valence-electron chi connectivity index (χ1n) is 5.48. The van der Waals surface area contributed by atoms with Crippen LogP contribution in [0.4, 0.5) is 0 Å². The summed E-state index contributed by atoms with van der Waals surface area (Å²) >= 11 is 5.89. The fraction of sp³-hybridized carbons (Fsp3) is 0.538. The van der Waals surface area contributed by atoms with Crippen LogP contribution in [0.1, 0.15) is 19.4 Å². The van der Waals surface area contributed by atoms with E-state index in [2.05, 4.69) is 19.2 Å². The fourth-order valence-corrected chi connectivity index (χ4v) is 1.80. The summed E-state index contributed by atoms with van der Waals surface area (Å²) in [6.07, 6.45) is 0. The van der Waals surface area contributed by atoms with E-state index < -0.39 is 0 Å². The van der Waals surface area contributed by atoms with Crippen molar-refractivity contribution in [1.29, 1.82) is 0 Å². The van der Waals surface area contributed by atoms with Crippen LogP contribution >= 0.6 is 11.6 Å². The van der Waals surface area contributed by atoms with Crippen LogP contribution in [0.2, 0.25) is 5.02 Å². The molecule has 1 N–H and O–H groups in total. The van der Waals surface area contributed by atoms with Gasteiger partial charge in [0, 0.05) is 17.0 Å². The summed E-state index contributed by atoms with van der Waals surface area (Å²) in [5.41, 5.74) is 1.20. The molecule has 0 heterocycles. The van der Waals surface area contributed by atoms with E-state index >= 15 is 0 Å². The summed E-state index contributed by atoms with van der Waals surface area (Å²) in [7, 11) is 1.95. The Balaban J connectivity index is 2.61. The molecule has 0 aliphatic carbocycles. The number of nitrogens with one attached hydrogen (secondary N) is 1. The molecule has 0 aromatic heterocycles. The molecule has 0 fully saturated rings. The second-order valence-corrected chi connectivity index (χ2v) is 5.33. The Labute approximate surface area is 103 Å². The predicted octanol–water partition coefficient (Wildman–Crippen LogP) is 3.27. The Bertz CT molecular complexity index is 350. The molecule has 0 aliphatic rings. The molecule has 3 heteroatoms. The minimum Gasteiger partial charge on any atom is -0.493 e. The van der Waals surface area contributed by atoms with Crippen molar-refractivity contribution >= 4 is 11.6 Å². The minimum atomic E-state index is 0.126. The molecule has 0 saturated heterocycles. The Morgan fingerprint density at radius 2 is 2.06 bits per heavy atom. The zero-order valence-electron chi connectivity index (χ0n) is 10.4. The predicted molar refractivity (Wildman–Crippen MR) is 69.4 cm³/mol. The molecule has 1 aromatic carbocycles. The summed E-state index contributed by atoms with van der Waals surface area (Å²) in [4.78, 5) is 0. The van der Waals surface area contributed by atoms with E-state index in [-0.39, 0.29) is 5.41 Å². The summed E-state index contributed by atoms with van der Waals surface area (Å²) in [6.45, 7) is 7.98. The average Bonchev–Trinajstić information content (AvgIpc) is 2.16. The van der Waals surface area contributed by atoms with E-state index in [1.54, 1.807) is 0 Å². The highest BCUT2D eigenvalue weighted by Crippen LogP contribution is 2.24. The molecule has 0 aliphatic heterocycles.